The van der Waals surface area contributed by atoms with Gasteiger partial charge in [-0.3, -0.25) is 0 Å². The SMILES string of the molecule is CCOCCCNC(=NCc1nnc(C)n1C)NC(C)C.I. The molecule has 0 radical (unpaired) electrons. The summed E-state index contributed by atoms with van der Waals surface area (Å²) in [5.74, 6) is 2.54. The summed E-state index contributed by atoms with van der Waals surface area (Å²) >= 11 is 0. The second kappa shape index (κ2) is 11.6. The van der Waals surface area contributed by atoms with Crippen molar-refractivity contribution in [1.82, 2.24) is 25.4 Å². The van der Waals surface area contributed by atoms with Crippen LogP contribution in [0, 0.1) is 6.92 Å². The highest BCUT2D eigenvalue weighted by Crippen LogP contribution is 1.99. The van der Waals surface area contributed by atoms with Crippen LogP contribution in [-0.2, 0) is 18.3 Å². The average molecular weight is 424 g/mol. The largest absolute Gasteiger partial charge is 0.382 e. The van der Waals surface area contributed by atoms with E-state index in [1.165, 1.54) is 0 Å². The van der Waals surface area contributed by atoms with E-state index in [-0.39, 0.29) is 24.0 Å². The fourth-order valence-electron chi connectivity index (χ4n) is 1.69. The van der Waals surface area contributed by atoms with Gasteiger partial charge in [-0.05, 0) is 34.1 Å². The third-order valence-electron chi connectivity index (χ3n) is 2.95. The van der Waals surface area contributed by atoms with Gasteiger partial charge in [0.05, 0.1) is 0 Å². The highest BCUT2D eigenvalue weighted by atomic mass is 127. The van der Waals surface area contributed by atoms with Crippen LogP contribution in [0.5, 0.6) is 0 Å². The Hall–Kier alpha value is -0.900. The van der Waals surface area contributed by atoms with Crippen molar-refractivity contribution in [2.45, 2.75) is 46.7 Å². The first-order valence-corrected chi connectivity index (χ1v) is 7.52. The number of rotatable bonds is 8. The molecule has 0 aromatic carbocycles. The summed E-state index contributed by atoms with van der Waals surface area (Å²) in [6.07, 6.45) is 0.954. The van der Waals surface area contributed by atoms with Gasteiger partial charge in [-0.2, -0.15) is 0 Å². The molecule has 0 saturated heterocycles. The Morgan fingerprint density at radius 3 is 2.64 bits per heavy atom. The van der Waals surface area contributed by atoms with Gasteiger partial charge in [-0.25, -0.2) is 4.99 Å². The van der Waals surface area contributed by atoms with Crippen molar-refractivity contribution in [3.8, 4) is 0 Å². The summed E-state index contributed by atoms with van der Waals surface area (Å²) < 4.78 is 7.27. The van der Waals surface area contributed by atoms with Crippen LogP contribution in [0.3, 0.4) is 0 Å². The maximum atomic E-state index is 5.32. The van der Waals surface area contributed by atoms with Crippen molar-refractivity contribution in [1.29, 1.82) is 0 Å². The van der Waals surface area contributed by atoms with Crippen molar-refractivity contribution in [3.05, 3.63) is 11.6 Å². The quantitative estimate of drug-likeness (QED) is 0.287. The molecule has 0 unspecified atom stereocenters. The van der Waals surface area contributed by atoms with Crippen molar-refractivity contribution in [2.75, 3.05) is 19.8 Å². The van der Waals surface area contributed by atoms with E-state index in [0.717, 1.165) is 43.8 Å². The molecule has 0 aliphatic rings. The lowest BCUT2D eigenvalue weighted by molar-refractivity contribution is 0.145. The van der Waals surface area contributed by atoms with Crippen LogP contribution in [0.4, 0.5) is 0 Å². The van der Waals surface area contributed by atoms with Crippen LogP contribution >= 0.6 is 24.0 Å². The maximum Gasteiger partial charge on any atom is 0.191 e. The molecule has 0 spiro atoms. The van der Waals surface area contributed by atoms with Crippen LogP contribution in [0.1, 0.15) is 38.8 Å². The fraction of sp³-hybridized carbons (Fsp3) is 0.786. The first-order valence-electron chi connectivity index (χ1n) is 7.52. The van der Waals surface area contributed by atoms with E-state index in [1.807, 2.05) is 25.5 Å². The zero-order valence-corrected chi connectivity index (χ0v) is 16.5. The molecule has 0 atom stereocenters. The molecule has 2 N–H and O–H groups in total. The van der Waals surface area contributed by atoms with Crippen LogP contribution in [-0.4, -0.2) is 46.5 Å². The Morgan fingerprint density at radius 2 is 2.09 bits per heavy atom. The molecule has 0 fully saturated rings. The van der Waals surface area contributed by atoms with E-state index in [2.05, 4.69) is 39.7 Å². The van der Waals surface area contributed by atoms with Crippen LogP contribution in [0.2, 0.25) is 0 Å². The fourth-order valence-corrected chi connectivity index (χ4v) is 1.69. The molecule has 0 bridgehead atoms. The molecule has 128 valence electrons. The topological polar surface area (TPSA) is 76.4 Å². The smallest absolute Gasteiger partial charge is 0.191 e. The number of aromatic nitrogens is 3. The molecule has 0 aliphatic heterocycles. The lowest BCUT2D eigenvalue weighted by Crippen LogP contribution is -2.41. The van der Waals surface area contributed by atoms with Crippen molar-refractivity contribution >= 4 is 29.9 Å². The molecule has 1 rings (SSSR count). The Balaban J connectivity index is 0.00000441. The highest BCUT2D eigenvalue weighted by molar-refractivity contribution is 14.0. The zero-order valence-electron chi connectivity index (χ0n) is 14.2. The number of guanidine groups is 1. The van der Waals surface area contributed by atoms with E-state index in [9.17, 15) is 0 Å². The number of hydrogen-bond acceptors (Lipinski definition) is 4. The molecule has 0 aliphatic carbocycles. The molecule has 0 amide bonds. The lowest BCUT2D eigenvalue weighted by Gasteiger charge is -2.15. The Morgan fingerprint density at radius 1 is 1.36 bits per heavy atom. The zero-order chi connectivity index (χ0) is 15.7. The number of aliphatic imine (C=N–C) groups is 1. The minimum absolute atomic E-state index is 0. The van der Waals surface area contributed by atoms with Gasteiger partial charge >= 0.3 is 0 Å². The third-order valence-corrected chi connectivity index (χ3v) is 2.95. The number of aryl methyl sites for hydroxylation is 1. The van der Waals surface area contributed by atoms with E-state index >= 15 is 0 Å². The summed E-state index contributed by atoms with van der Waals surface area (Å²) in [6.45, 7) is 11.0. The summed E-state index contributed by atoms with van der Waals surface area (Å²) in [4.78, 5) is 4.56. The standard InChI is InChI=1S/C14H28N6O.HI/c1-6-21-9-7-8-15-14(17-11(2)3)16-10-13-19-18-12(4)20(13)5;/h11H,6-10H2,1-5H3,(H2,15,16,17);1H. The summed E-state index contributed by atoms with van der Waals surface area (Å²) in [5, 5.41) is 14.8. The van der Waals surface area contributed by atoms with Gasteiger partial charge in [0.25, 0.3) is 0 Å². The summed E-state index contributed by atoms with van der Waals surface area (Å²) in [6, 6.07) is 0.323. The second-order valence-corrected chi connectivity index (χ2v) is 5.16. The van der Waals surface area contributed by atoms with Gasteiger partial charge in [-0.15, -0.1) is 34.2 Å². The molecule has 0 saturated carbocycles. The van der Waals surface area contributed by atoms with E-state index in [4.69, 9.17) is 4.74 Å². The van der Waals surface area contributed by atoms with Gasteiger partial charge < -0.3 is 19.9 Å². The predicted octanol–water partition coefficient (Wildman–Crippen LogP) is 1.61. The van der Waals surface area contributed by atoms with Crippen LogP contribution in [0.15, 0.2) is 4.99 Å². The maximum absolute atomic E-state index is 5.32. The third kappa shape index (κ3) is 7.92. The molecule has 7 nitrogen and oxygen atoms in total. The predicted molar refractivity (Wildman–Crippen MR) is 99.7 cm³/mol. The van der Waals surface area contributed by atoms with Gasteiger partial charge in [0.1, 0.15) is 12.4 Å². The number of nitrogens with one attached hydrogen (secondary N) is 2. The first kappa shape index (κ1) is 21.1. The normalized spacial score (nSPS) is 11.5. The Bertz CT molecular complexity index is 447. The molecular formula is C14H29IN6O. The first-order chi connectivity index (χ1) is 10.0. The lowest BCUT2D eigenvalue weighted by atomic mass is 10.4. The number of hydrogen-bond donors (Lipinski definition) is 2. The van der Waals surface area contributed by atoms with Crippen molar-refractivity contribution in [2.24, 2.45) is 12.0 Å². The van der Waals surface area contributed by atoms with Gasteiger partial charge in [0.15, 0.2) is 11.8 Å². The Labute approximate surface area is 150 Å². The van der Waals surface area contributed by atoms with E-state index < -0.39 is 0 Å². The van der Waals surface area contributed by atoms with Gasteiger partial charge in [0.2, 0.25) is 0 Å². The highest BCUT2D eigenvalue weighted by Gasteiger charge is 2.05. The molecule has 1 aromatic rings. The molecular weight excluding hydrogens is 395 g/mol. The van der Waals surface area contributed by atoms with Crippen molar-refractivity contribution < 1.29 is 4.74 Å². The summed E-state index contributed by atoms with van der Waals surface area (Å²) in [7, 11) is 1.95. The molecule has 1 heterocycles. The van der Waals surface area contributed by atoms with Crippen LogP contribution in [0.25, 0.3) is 0 Å². The number of halogens is 1. The number of ether oxygens (including phenoxy) is 1. The van der Waals surface area contributed by atoms with E-state index in [0.29, 0.717) is 12.6 Å². The monoisotopic (exact) mass is 424 g/mol. The second-order valence-electron chi connectivity index (χ2n) is 5.16. The molecule has 8 heteroatoms. The Kier molecular flexibility index (Phi) is 11.2. The van der Waals surface area contributed by atoms with Crippen LogP contribution < -0.4 is 10.6 Å². The molecule has 22 heavy (non-hydrogen) atoms. The van der Waals surface area contributed by atoms with Gasteiger partial charge in [0, 0.05) is 32.8 Å². The average Bonchev–Trinajstić information content (AvgIpc) is 2.75. The minimum atomic E-state index is 0. The van der Waals surface area contributed by atoms with Crippen molar-refractivity contribution in [3.63, 3.8) is 0 Å². The summed E-state index contributed by atoms with van der Waals surface area (Å²) in [5.41, 5.74) is 0. The van der Waals surface area contributed by atoms with Gasteiger partial charge in [-0.1, -0.05) is 0 Å². The molecule has 1 aromatic heterocycles. The number of nitrogens with zero attached hydrogens (tertiary/aromatic N) is 4. The minimum Gasteiger partial charge on any atom is -0.382 e. The van der Waals surface area contributed by atoms with E-state index in [1.54, 1.807) is 0 Å².